The Morgan fingerprint density at radius 1 is 0.963 bits per heavy atom. The lowest BCUT2D eigenvalue weighted by Crippen LogP contribution is -2.45. The summed E-state index contributed by atoms with van der Waals surface area (Å²) in [6, 6.07) is 15.9. The van der Waals surface area contributed by atoms with Crippen LogP contribution < -0.4 is 0 Å². The molecule has 2 unspecified atom stereocenters. The van der Waals surface area contributed by atoms with Gasteiger partial charge in [0.05, 0.1) is 22.6 Å². The summed E-state index contributed by atoms with van der Waals surface area (Å²) in [5.41, 5.74) is 0.863. The third-order valence-corrected chi connectivity index (χ3v) is 5.78. The van der Waals surface area contributed by atoms with Gasteiger partial charge in [0, 0.05) is 13.1 Å². The van der Waals surface area contributed by atoms with Crippen LogP contribution in [0, 0.1) is 0 Å². The van der Waals surface area contributed by atoms with Gasteiger partial charge in [-0.25, -0.2) is 0 Å². The maximum atomic E-state index is 13.4. The van der Waals surface area contributed by atoms with Gasteiger partial charge >= 0.3 is 0 Å². The fourth-order valence-corrected chi connectivity index (χ4v) is 4.24. The number of carbonyl (C=O) groups excluding carboxylic acids is 3. The molecule has 4 rings (SSSR count). The molecule has 138 valence electrons. The lowest BCUT2D eigenvalue weighted by molar-refractivity contribution is -0.134. The summed E-state index contributed by atoms with van der Waals surface area (Å²) in [6.07, 6.45) is 0.470. The molecule has 5 nitrogen and oxygen atoms in total. The quantitative estimate of drug-likeness (QED) is 0.769. The maximum absolute atomic E-state index is 13.4. The van der Waals surface area contributed by atoms with Crippen LogP contribution in [0.5, 0.6) is 0 Å². The number of carbonyl (C=O) groups is 3. The fourth-order valence-electron chi connectivity index (χ4n) is 4.24. The van der Waals surface area contributed by atoms with Crippen molar-refractivity contribution in [3.63, 3.8) is 0 Å². The summed E-state index contributed by atoms with van der Waals surface area (Å²) in [5.74, 6) is -0.614. The standard InChI is InChI=1S/C22H22N2O3/c1-3-23(4-2)21(27)22(15-10-6-5-7-11-15)14-18(22)24-19(25)16-12-8-9-13-17(16)20(24)26/h5-13,18H,3-4,14H2,1-2H3. The van der Waals surface area contributed by atoms with Crippen molar-refractivity contribution in [3.8, 4) is 0 Å². The number of rotatable bonds is 5. The number of fused-ring (bicyclic) bond motifs is 1. The van der Waals surface area contributed by atoms with E-state index in [-0.39, 0.29) is 17.7 Å². The van der Waals surface area contributed by atoms with Gasteiger partial charge in [0.15, 0.2) is 0 Å². The van der Waals surface area contributed by atoms with E-state index >= 15 is 0 Å². The monoisotopic (exact) mass is 362 g/mol. The SMILES string of the molecule is CCN(CC)C(=O)C1(c2ccccc2)CC1N1C(=O)c2ccccc2C1=O. The molecule has 1 saturated carbocycles. The van der Waals surface area contributed by atoms with Crippen molar-refractivity contribution in [2.24, 2.45) is 0 Å². The van der Waals surface area contributed by atoms with Gasteiger partial charge in [0.25, 0.3) is 11.8 Å². The summed E-state index contributed by atoms with van der Waals surface area (Å²) < 4.78 is 0. The van der Waals surface area contributed by atoms with E-state index in [1.807, 2.05) is 44.2 Å². The minimum atomic E-state index is -0.847. The Kier molecular flexibility index (Phi) is 4.10. The molecule has 27 heavy (non-hydrogen) atoms. The third-order valence-electron chi connectivity index (χ3n) is 5.78. The molecule has 2 aromatic rings. The second kappa shape index (κ2) is 6.34. The van der Waals surface area contributed by atoms with Crippen LogP contribution in [-0.4, -0.2) is 46.7 Å². The van der Waals surface area contributed by atoms with Crippen molar-refractivity contribution >= 4 is 17.7 Å². The van der Waals surface area contributed by atoms with Crippen LogP contribution in [0.2, 0.25) is 0 Å². The van der Waals surface area contributed by atoms with E-state index in [1.165, 1.54) is 4.90 Å². The van der Waals surface area contributed by atoms with Crippen molar-refractivity contribution in [3.05, 3.63) is 71.3 Å². The molecule has 1 aliphatic carbocycles. The molecule has 0 radical (unpaired) electrons. The Balaban J connectivity index is 1.76. The van der Waals surface area contributed by atoms with Gasteiger partial charge in [-0.15, -0.1) is 0 Å². The minimum absolute atomic E-state index is 0.0137. The number of imide groups is 1. The first-order valence-corrected chi connectivity index (χ1v) is 9.38. The number of hydrogen-bond donors (Lipinski definition) is 0. The van der Waals surface area contributed by atoms with Gasteiger partial charge in [-0.3, -0.25) is 19.3 Å². The second-order valence-corrected chi connectivity index (χ2v) is 7.06. The summed E-state index contributed by atoms with van der Waals surface area (Å²) in [4.78, 5) is 42.3. The highest BCUT2D eigenvalue weighted by Crippen LogP contribution is 2.54. The zero-order valence-corrected chi connectivity index (χ0v) is 15.5. The van der Waals surface area contributed by atoms with E-state index in [0.717, 1.165) is 5.56 Å². The molecule has 1 fully saturated rings. The highest BCUT2D eigenvalue weighted by Gasteiger charge is 2.67. The average Bonchev–Trinajstić information content (AvgIpc) is 3.40. The van der Waals surface area contributed by atoms with Crippen molar-refractivity contribution in [2.45, 2.75) is 31.7 Å². The molecule has 1 heterocycles. The van der Waals surface area contributed by atoms with Crippen LogP contribution in [0.4, 0.5) is 0 Å². The van der Waals surface area contributed by atoms with Gasteiger partial charge in [-0.1, -0.05) is 42.5 Å². The Hall–Kier alpha value is -2.95. The highest BCUT2D eigenvalue weighted by atomic mass is 16.2. The fraction of sp³-hybridized carbons (Fsp3) is 0.318. The van der Waals surface area contributed by atoms with Crippen molar-refractivity contribution < 1.29 is 14.4 Å². The van der Waals surface area contributed by atoms with Crippen LogP contribution in [0.1, 0.15) is 46.5 Å². The first-order valence-electron chi connectivity index (χ1n) is 9.38. The second-order valence-electron chi connectivity index (χ2n) is 7.06. The van der Waals surface area contributed by atoms with Gasteiger partial charge in [0.1, 0.15) is 0 Å². The first-order chi connectivity index (χ1) is 13.1. The molecule has 2 aromatic carbocycles. The molecule has 0 bridgehead atoms. The largest absolute Gasteiger partial charge is 0.342 e. The molecule has 1 aliphatic heterocycles. The molecule has 0 aromatic heterocycles. The zero-order valence-electron chi connectivity index (χ0n) is 15.5. The molecular formula is C22H22N2O3. The third kappa shape index (κ3) is 2.41. The lowest BCUT2D eigenvalue weighted by atomic mass is 9.92. The lowest BCUT2D eigenvalue weighted by Gasteiger charge is -2.28. The number of nitrogens with zero attached hydrogens (tertiary/aromatic N) is 2. The number of amides is 3. The summed E-state index contributed by atoms with van der Waals surface area (Å²) in [5, 5.41) is 0. The smallest absolute Gasteiger partial charge is 0.261 e. The molecule has 2 atom stereocenters. The topological polar surface area (TPSA) is 57.7 Å². The minimum Gasteiger partial charge on any atom is -0.342 e. The average molecular weight is 362 g/mol. The molecule has 0 N–H and O–H groups in total. The molecule has 5 heteroatoms. The summed E-state index contributed by atoms with van der Waals surface area (Å²) in [7, 11) is 0. The van der Waals surface area contributed by atoms with Gasteiger partial charge in [0.2, 0.25) is 5.91 Å². The van der Waals surface area contributed by atoms with E-state index in [1.54, 1.807) is 29.2 Å². The Labute approximate surface area is 158 Å². The Morgan fingerprint density at radius 2 is 1.48 bits per heavy atom. The van der Waals surface area contributed by atoms with Crippen LogP contribution in [0.15, 0.2) is 54.6 Å². The van der Waals surface area contributed by atoms with Gasteiger partial charge in [-0.2, -0.15) is 0 Å². The molecule has 0 spiro atoms. The summed E-state index contributed by atoms with van der Waals surface area (Å²) >= 11 is 0. The number of likely N-dealkylation sites (N-methyl/N-ethyl adjacent to an activating group) is 1. The van der Waals surface area contributed by atoms with Crippen molar-refractivity contribution in [1.29, 1.82) is 0 Å². The normalized spacial score (nSPS) is 23.3. The van der Waals surface area contributed by atoms with Gasteiger partial charge in [-0.05, 0) is 38.0 Å². The van der Waals surface area contributed by atoms with Crippen LogP contribution in [-0.2, 0) is 10.2 Å². The predicted octanol–water partition coefficient (Wildman–Crippen LogP) is 2.86. The molecule has 2 aliphatic rings. The van der Waals surface area contributed by atoms with E-state index in [9.17, 15) is 14.4 Å². The molecular weight excluding hydrogens is 340 g/mol. The van der Waals surface area contributed by atoms with E-state index in [2.05, 4.69) is 0 Å². The van der Waals surface area contributed by atoms with Crippen LogP contribution >= 0.6 is 0 Å². The van der Waals surface area contributed by atoms with Crippen LogP contribution in [0.25, 0.3) is 0 Å². The summed E-state index contributed by atoms with van der Waals surface area (Å²) in [6.45, 7) is 5.08. The highest BCUT2D eigenvalue weighted by molar-refractivity contribution is 6.22. The van der Waals surface area contributed by atoms with Crippen LogP contribution in [0.3, 0.4) is 0 Å². The first kappa shape index (κ1) is 17.5. The Bertz CT molecular complexity index is 885. The van der Waals surface area contributed by atoms with E-state index < -0.39 is 11.5 Å². The zero-order chi connectivity index (χ0) is 19.2. The van der Waals surface area contributed by atoms with E-state index in [4.69, 9.17) is 0 Å². The molecule has 0 saturated heterocycles. The maximum Gasteiger partial charge on any atom is 0.261 e. The van der Waals surface area contributed by atoms with Gasteiger partial charge < -0.3 is 4.90 Å². The van der Waals surface area contributed by atoms with E-state index in [0.29, 0.717) is 30.6 Å². The van der Waals surface area contributed by atoms with Crippen molar-refractivity contribution in [2.75, 3.05) is 13.1 Å². The van der Waals surface area contributed by atoms with Crippen molar-refractivity contribution in [1.82, 2.24) is 9.80 Å². The molecule has 3 amide bonds. The number of benzene rings is 2. The number of hydrogen-bond acceptors (Lipinski definition) is 3. The predicted molar refractivity (Wildman–Crippen MR) is 101 cm³/mol. The Morgan fingerprint density at radius 3 is 2.00 bits per heavy atom.